The van der Waals surface area contributed by atoms with Crippen LogP contribution in [0.2, 0.25) is 0 Å². The molecular weight excluding hydrogens is 292 g/mol. The average Bonchev–Trinajstić information content (AvgIpc) is 2.56. The fourth-order valence-electron chi connectivity index (χ4n) is 2.73. The Morgan fingerprint density at radius 1 is 1.26 bits per heavy atom. The molecule has 1 amide bonds. The first kappa shape index (κ1) is 17.6. The van der Waals surface area contributed by atoms with Gasteiger partial charge < -0.3 is 20.5 Å². The molecule has 0 bridgehead atoms. The summed E-state index contributed by atoms with van der Waals surface area (Å²) < 4.78 is 11.7. The fourth-order valence-corrected chi connectivity index (χ4v) is 2.73. The second kappa shape index (κ2) is 8.77. The number of rotatable bonds is 7. The van der Waals surface area contributed by atoms with Gasteiger partial charge in [0.05, 0.1) is 18.7 Å². The monoisotopic (exact) mass is 320 g/mol. The molecule has 23 heavy (non-hydrogen) atoms. The number of hydrogen-bond acceptors (Lipinski definition) is 4. The largest absolute Gasteiger partial charge is 0.494 e. The van der Waals surface area contributed by atoms with Crippen LogP contribution < -0.4 is 20.5 Å². The van der Waals surface area contributed by atoms with Gasteiger partial charge in [0.25, 0.3) is 0 Å². The molecule has 0 saturated heterocycles. The van der Waals surface area contributed by atoms with Crippen molar-refractivity contribution in [1.82, 2.24) is 5.32 Å². The van der Waals surface area contributed by atoms with Crippen molar-refractivity contribution < 1.29 is 14.3 Å². The molecule has 1 aliphatic rings. The van der Waals surface area contributed by atoms with Crippen LogP contribution in [0.1, 0.15) is 46.0 Å². The van der Waals surface area contributed by atoms with E-state index in [0.29, 0.717) is 6.61 Å². The Labute approximate surface area is 138 Å². The van der Waals surface area contributed by atoms with E-state index in [9.17, 15) is 4.79 Å². The van der Waals surface area contributed by atoms with Crippen LogP contribution in [0.25, 0.3) is 0 Å². The van der Waals surface area contributed by atoms with E-state index in [4.69, 9.17) is 15.2 Å². The third-order valence-corrected chi connectivity index (χ3v) is 4.03. The van der Waals surface area contributed by atoms with Crippen LogP contribution >= 0.6 is 0 Å². The Morgan fingerprint density at radius 2 is 1.91 bits per heavy atom. The lowest BCUT2D eigenvalue weighted by molar-refractivity contribution is -0.123. The summed E-state index contributed by atoms with van der Waals surface area (Å²) in [5, 5.41) is 3.01. The normalized spacial score (nSPS) is 22.2. The highest BCUT2D eigenvalue weighted by molar-refractivity contribution is 5.81. The van der Waals surface area contributed by atoms with Gasteiger partial charge in [0.2, 0.25) is 5.91 Å². The molecule has 3 atom stereocenters. The molecule has 1 aromatic carbocycles. The van der Waals surface area contributed by atoms with Crippen molar-refractivity contribution in [1.29, 1.82) is 0 Å². The maximum absolute atomic E-state index is 11.8. The SMILES string of the molecule is CCCOc1ccc(OC2CCCCC2NC(=O)[C@@H](C)N)cc1. The van der Waals surface area contributed by atoms with Crippen molar-refractivity contribution >= 4 is 5.91 Å². The molecule has 1 aromatic rings. The van der Waals surface area contributed by atoms with Crippen molar-refractivity contribution in [3.63, 3.8) is 0 Å². The lowest BCUT2D eigenvalue weighted by Gasteiger charge is -2.33. The molecule has 1 saturated carbocycles. The van der Waals surface area contributed by atoms with Gasteiger partial charge in [-0.2, -0.15) is 0 Å². The van der Waals surface area contributed by atoms with Crippen molar-refractivity contribution in [3.05, 3.63) is 24.3 Å². The predicted molar refractivity (Wildman–Crippen MR) is 90.7 cm³/mol. The molecule has 0 spiro atoms. The summed E-state index contributed by atoms with van der Waals surface area (Å²) in [6.07, 6.45) is 5.08. The minimum Gasteiger partial charge on any atom is -0.494 e. The third-order valence-electron chi connectivity index (χ3n) is 4.03. The molecule has 1 fully saturated rings. The summed E-state index contributed by atoms with van der Waals surface area (Å²) in [7, 11) is 0. The quantitative estimate of drug-likeness (QED) is 0.810. The molecule has 5 nitrogen and oxygen atoms in total. The second-order valence-corrected chi connectivity index (χ2v) is 6.16. The van der Waals surface area contributed by atoms with E-state index in [-0.39, 0.29) is 18.1 Å². The van der Waals surface area contributed by atoms with E-state index < -0.39 is 6.04 Å². The summed E-state index contributed by atoms with van der Waals surface area (Å²) in [5.41, 5.74) is 5.64. The standard InChI is InChI=1S/C18H28N2O3/c1-3-12-22-14-8-10-15(11-9-14)23-17-7-5-4-6-16(17)20-18(21)13(2)19/h8-11,13,16-17H,3-7,12,19H2,1-2H3,(H,20,21)/t13-,16?,17?/m1/s1. The van der Waals surface area contributed by atoms with E-state index in [1.54, 1.807) is 6.92 Å². The highest BCUT2D eigenvalue weighted by Gasteiger charge is 2.28. The van der Waals surface area contributed by atoms with E-state index in [0.717, 1.165) is 43.6 Å². The van der Waals surface area contributed by atoms with E-state index in [1.165, 1.54) is 0 Å². The highest BCUT2D eigenvalue weighted by Crippen LogP contribution is 2.25. The number of ether oxygens (including phenoxy) is 2. The van der Waals surface area contributed by atoms with Crippen LogP contribution in [0.4, 0.5) is 0 Å². The van der Waals surface area contributed by atoms with E-state index in [2.05, 4.69) is 12.2 Å². The lowest BCUT2D eigenvalue weighted by Crippen LogP contribution is -2.51. The Morgan fingerprint density at radius 3 is 2.57 bits per heavy atom. The van der Waals surface area contributed by atoms with E-state index >= 15 is 0 Å². The van der Waals surface area contributed by atoms with Crippen LogP contribution in [0, 0.1) is 0 Å². The van der Waals surface area contributed by atoms with Crippen molar-refractivity contribution in [2.45, 2.75) is 64.1 Å². The van der Waals surface area contributed by atoms with Crippen LogP contribution in [-0.4, -0.2) is 30.7 Å². The van der Waals surface area contributed by atoms with Crippen LogP contribution in [0.5, 0.6) is 11.5 Å². The molecule has 2 unspecified atom stereocenters. The van der Waals surface area contributed by atoms with Crippen molar-refractivity contribution in [2.24, 2.45) is 5.73 Å². The maximum Gasteiger partial charge on any atom is 0.236 e. The summed E-state index contributed by atoms with van der Waals surface area (Å²) in [6, 6.07) is 7.21. The number of hydrogen-bond donors (Lipinski definition) is 2. The van der Waals surface area contributed by atoms with Gasteiger partial charge in [-0.1, -0.05) is 13.3 Å². The molecule has 5 heteroatoms. The minimum absolute atomic E-state index is 0.00569. The topological polar surface area (TPSA) is 73.6 Å². The Kier molecular flexibility index (Phi) is 6.71. The molecule has 0 aromatic heterocycles. The summed E-state index contributed by atoms with van der Waals surface area (Å²) in [6.45, 7) is 4.49. The molecule has 128 valence electrons. The Balaban J connectivity index is 1.94. The molecule has 2 rings (SSSR count). The predicted octanol–water partition coefficient (Wildman–Crippen LogP) is 2.63. The van der Waals surface area contributed by atoms with Gasteiger partial charge in [-0.3, -0.25) is 4.79 Å². The Bertz CT molecular complexity index is 488. The zero-order chi connectivity index (χ0) is 16.7. The summed E-state index contributed by atoms with van der Waals surface area (Å²) in [5.74, 6) is 1.54. The van der Waals surface area contributed by atoms with Gasteiger partial charge in [-0.25, -0.2) is 0 Å². The number of benzene rings is 1. The maximum atomic E-state index is 11.8. The number of amides is 1. The zero-order valence-electron chi connectivity index (χ0n) is 14.1. The zero-order valence-corrected chi connectivity index (χ0v) is 14.1. The molecule has 0 heterocycles. The first-order valence-electron chi connectivity index (χ1n) is 8.55. The van der Waals surface area contributed by atoms with Crippen LogP contribution in [0.3, 0.4) is 0 Å². The van der Waals surface area contributed by atoms with Gasteiger partial charge in [-0.15, -0.1) is 0 Å². The number of carbonyl (C=O) groups excluding carboxylic acids is 1. The average molecular weight is 320 g/mol. The smallest absolute Gasteiger partial charge is 0.236 e. The fraction of sp³-hybridized carbons (Fsp3) is 0.611. The number of carbonyl (C=O) groups is 1. The second-order valence-electron chi connectivity index (χ2n) is 6.16. The minimum atomic E-state index is -0.493. The first-order valence-corrected chi connectivity index (χ1v) is 8.55. The van der Waals surface area contributed by atoms with Gasteiger partial charge in [0.15, 0.2) is 0 Å². The number of nitrogens with two attached hydrogens (primary N) is 1. The van der Waals surface area contributed by atoms with Crippen molar-refractivity contribution in [3.8, 4) is 11.5 Å². The molecule has 0 radical (unpaired) electrons. The number of nitrogens with one attached hydrogen (secondary N) is 1. The first-order chi connectivity index (χ1) is 11.1. The molecule has 0 aliphatic heterocycles. The third kappa shape index (κ3) is 5.43. The van der Waals surface area contributed by atoms with Crippen LogP contribution in [0.15, 0.2) is 24.3 Å². The summed E-state index contributed by atoms with van der Waals surface area (Å²) >= 11 is 0. The van der Waals surface area contributed by atoms with Crippen LogP contribution in [-0.2, 0) is 4.79 Å². The van der Waals surface area contributed by atoms with Gasteiger partial charge >= 0.3 is 0 Å². The van der Waals surface area contributed by atoms with Gasteiger partial charge in [-0.05, 0) is 56.9 Å². The molecular formula is C18H28N2O3. The Hall–Kier alpha value is -1.75. The molecule has 1 aliphatic carbocycles. The summed E-state index contributed by atoms with van der Waals surface area (Å²) in [4.78, 5) is 11.8. The van der Waals surface area contributed by atoms with E-state index in [1.807, 2.05) is 24.3 Å². The van der Waals surface area contributed by atoms with Gasteiger partial charge in [0, 0.05) is 0 Å². The highest BCUT2D eigenvalue weighted by atomic mass is 16.5. The van der Waals surface area contributed by atoms with Gasteiger partial charge in [0.1, 0.15) is 17.6 Å². The van der Waals surface area contributed by atoms with Crippen molar-refractivity contribution in [2.75, 3.05) is 6.61 Å². The molecule has 3 N–H and O–H groups in total. The lowest BCUT2D eigenvalue weighted by atomic mass is 9.92.